The van der Waals surface area contributed by atoms with Crippen LogP contribution < -0.4 is 10.1 Å². The summed E-state index contributed by atoms with van der Waals surface area (Å²) in [6, 6.07) is 11.3. The zero-order valence-electron chi connectivity index (χ0n) is 27.8. The molecule has 1 aliphatic carbocycles. The standard InChI is InChI=1S/C36H37ClF5N3O6S/c37-28-12-8-25(9-13-28)24-6-10-27(11-7-24)35(38,39)32(33(46)44-19-18-26-20-43-21-31(26)44)45(51-34(47)36(40,41)42)52(48,49)30-16-14-29(15-17-30)50-22-23-4-2-1-3-5-23/h6-17,23,26,31-32,43H,1-5,18-22H2/t26-,31+,32-/m1/s1. The van der Waals surface area contributed by atoms with Crippen molar-refractivity contribution in [3.63, 3.8) is 0 Å². The lowest BCUT2D eigenvalue weighted by molar-refractivity contribution is -0.239. The highest BCUT2D eigenvalue weighted by atomic mass is 35.5. The molecule has 9 nitrogen and oxygen atoms in total. The first-order chi connectivity index (χ1) is 24.7. The number of fused-ring (bicyclic) bond motifs is 1. The lowest BCUT2D eigenvalue weighted by Crippen LogP contribution is -2.60. The fraction of sp³-hybridized carbons (Fsp3) is 0.444. The van der Waals surface area contributed by atoms with Gasteiger partial charge in [-0.2, -0.15) is 22.0 Å². The molecule has 3 aromatic carbocycles. The van der Waals surface area contributed by atoms with Crippen LogP contribution in [0.5, 0.6) is 5.75 Å². The number of sulfonamides is 1. The van der Waals surface area contributed by atoms with Gasteiger partial charge >= 0.3 is 18.1 Å². The van der Waals surface area contributed by atoms with Crippen molar-refractivity contribution in [2.24, 2.45) is 11.8 Å². The predicted molar refractivity (Wildman–Crippen MR) is 181 cm³/mol. The zero-order chi connectivity index (χ0) is 37.3. The maximum atomic E-state index is 17.0. The summed E-state index contributed by atoms with van der Waals surface area (Å²) in [5.74, 6) is -8.77. The lowest BCUT2D eigenvalue weighted by Gasteiger charge is -2.37. The van der Waals surface area contributed by atoms with Crippen LogP contribution in [0.25, 0.3) is 11.1 Å². The van der Waals surface area contributed by atoms with Crippen LogP contribution in [-0.4, -0.2) is 74.2 Å². The van der Waals surface area contributed by atoms with Crippen LogP contribution in [0, 0.1) is 11.8 Å². The Morgan fingerprint density at radius 1 is 0.865 bits per heavy atom. The van der Waals surface area contributed by atoms with E-state index < -0.39 is 61.0 Å². The molecule has 280 valence electrons. The second-order valence-corrected chi connectivity index (χ2v) is 15.6. The predicted octanol–water partition coefficient (Wildman–Crippen LogP) is 6.96. The van der Waals surface area contributed by atoms with Crippen LogP contribution in [0.15, 0.2) is 77.7 Å². The molecular weight excluding hydrogens is 733 g/mol. The topological polar surface area (TPSA) is 105 Å². The maximum Gasteiger partial charge on any atom is 0.492 e. The highest BCUT2D eigenvalue weighted by Crippen LogP contribution is 2.41. The van der Waals surface area contributed by atoms with Gasteiger partial charge in [-0.25, -0.2) is 13.2 Å². The van der Waals surface area contributed by atoms with Crippen molar-refractivity contribution >= 4 is 33.5 Å². The molecule has 3 aromatic rings. The number of ether oxygens (including phenoxy) is 1. The van der Waals surface area contributed by atoms with E-state index in [1.54, 1.807) is 24.3 Å². The van der Waals surface area contributed by atoms with Crippen LogP contribution in [0.2, 0.25) is 5.02 Å². The number of amides is 1. The number of carbonyl (C=O) groups excluding carboxylic acids is 2. The van der Waals surface area contributed by atoms with Crippen molar-refractivity contribution in [1.29, 1.82) is 0 Å². The van der Waals surface area contributed by atoms with Gasteiger partial charge < -0.3 is 19.8 Å². The molecule has 2 aliphatic heterocycles. The summed E-state index contributed by atoms with van der Waals surface area (Å²) in [7, 11) is -5.57. The number of halogens is 6. The second kappa shape index (κ2) is 15.3. The Labute approximate surface area is 303 Å². The SMILES string of the molecule is O=C([C@@H](N(OC(=O)C(F)(F)F)S(=O)(=O)c1ccc(OCC2CCCCC2)cc1)C(F)(F)c1ccc(-c2ccc(Cl)cc2)cc1)N1CC[C@@H]2CNC[C@@H]21. The molecular formula is C36H37ClF5N3O6S. The van der Waals surface area contributed by atoms with Crippen molar-refractivity contribution in [1.82, 2.24) is 14.7 Å². The number of likely N-dealkylation sites (tertiary alicyclic amines) is 1. The number of nitrogens with zero attached hydrogens (tertiary/aromatic N) is 2. The molecule has 0 aromatic heterocycles. The van der Waals surface area contributed by atoms with E-state index in [1.807, 2.05) is 0 Å². The van der Waals surface area contributed by atoms with Gasteiger partial charge in [0.1, 0.15) is 5.75 Å². The van der Waals surface area contributed by atoms with Crippen LogP contribution in [0.4, 0.5) is 22.0 Å². The minimum atomic E-state index is -5.80. The molecule has 0 radical (unpaired) electrons. The molecule has 52 heavy (non-hydrogen) atoms. The number of hydrogen-bond donors (Lipinski definition) is 1. The Balaban J connectivity index is 1.39. The lowest BCUT2D eigenvalue weighted by atomic mass is 9.90. The Morgan fingerprint density at radius 2 is 1.48 bits per heavy atom. The fourth-order valence-corrected chi connectivity index (χ4v) is 8.58. The third kappa shape index (κ3) is 8.07. The van der Waals surface area contributed by atoms with Gasteiger partial charge in [0.25, 0.3) is 15.9 Å². The van der Waals surface area contributed by atoms with Crippen LogP contribution in [0.3, 0.4) is 0 Å². The molecule has 0 spiro atoms. The maximum absolute atomic E-state index is 17.0. The Hall–Kier alpha value is -3.79. The molecule has 1 amide bonds. The van der Waals surface area contributed by atoms with E-state index in [0.717, 1.165) is 61.3 Å². The van der Waals surface area contributed by atoms with Crippen LogP contribution >= 0.6 is 11.6 Å². The van der Waals surface area contributed by atoms with Gasteiger partial charge in [-0.15, -0.1) is 0 Å². The molecule has 2 heterocycles. The minimum absolute atomic E-state index is 0.0634. The molecule has 1 saturated carbocycles. The summed E-state index contributed by atoms with van der Waals surface area (Å²) in [5.41, 5.74) is 0.147. The zero-order valence-corrected chi connectivity index (χ0v) is 29.4. The van der Waals surface area contributed by atoms with Gasteiger partial charge in [-0.3, -0.25) is 4.79 Å². The van der Waals surface area contributed by atoms with E-state index in [1.165, 1.54) is 24.3 Å². The van der Waals surface area contributed by atoms with Gasteiger partial charge in [0.2, 0.25) is 6.04 Å². The van der Waals surface area contributed by atoms with E-state index in [-0.39, 0.29) is 24.8 Å². The largest absolute Gasteiger partial charge is 0.493 e. The summed E-state index contributed by atoms with van der Waals surface area (Å²) >= 11 is 5.96. The number of alkyl halides is 5. The summed E-state index contributed by atoms with van der Waals surface area (Å²) in [6.45, 7) is 0.948. The average Bonchev–Trinajstić information content (AvgIpc) is 3.76. The molecule has 3 fully saturated rings. The highest BCUT2D eigenvalue weighted by Gasteiger charge is 2.60. The number of hydroxylamine groups is 1. The van der Waals surface area contributed by atoms with E-state index in [2.05, 4.69) is 10.2 Å². The summed E-state index contributed by atoms with van der Waals surface area (Å²) in [5, 5.41) is 3.49. The van der Waals surface area contributed by atoms with E-state index >= 15 is 8.78 Å². The number of hydrogen-bond acceptors (Lipinski definition) is 7. The number of carbonyl (C=O) groups is 2. The quantitative estimate of drug-likeness (QED) is 0.166. The molecule has 1 N–H and O–H groups in total. The normalized spacial score (nSPS) is 20.5. The number of rotatable bonds is 11. The van der Waals surface area contributed by atoms with Crippen molar-refractivity contribution < 1.29 is 49.5 Å². The third-order valence-electron chi connectivity index (χ3n) is 9.94. The minimum Gasteiger partial charge on any atom is -0.493 e. The Bertz CT molecular complexity index is 1840. The van der Waals surface area contributed by atoms with Gasteiger partial charge in [-0.1, -0.05) is 67.3 Å². The molecule has 6 rings (SSSR count). The van der Waals surface area contributed by atoms with E-state index in [0.29, 0.717) is 41.6 Å². The van der Waals surface area contributed by atoms with Crippen molar-refractivity contribution in [3.8, 4) is 16.9 Å². The third-order valence-corrected chi connectivity index (χ3v) is 11.8. The summed E-state index contributed by atoms with van der Waals surface area (Å²) in [6.07, 6.45) is -0.237. The number of nitrogens with one attached hydrogen (secondary N) is 1. The van der Waals surface area contributed by atoms with Crippen LogP contribution in [0.1, 0.15) is 44.1 Å². The fourth-order valence-electron chi connectivity index (χ4n) is 7.10. The molecule has 2 saturated heterocycles. The van der Waals surface area contributed by atoms with Gasteiger partial charge in [0.15, 0.2) is 0 Å². The molecule has 0 bridgehead atoms. The van der Waals surface area contributed by atoms with Gasteiger partial charge in [0.05, 0.1) is 11.5 Å². The molecule has 3 aliphatic rings. The monoisotopic (exact) mass is 769 g/mol. The van der Waals surface area contributed by atoms with Crippen molar-refractivity contribution in [2.75, 3.05) is 26.2 Å². The molecule has 3 atom stereocenters. The highest BCUT2D eigenvalue weighted by molar-refractivity contribution is 7.89. The van der Waals surface area contributed by atoms with E-state index in [9.17, 15) is 31.2 Å². The Morgan fingerprint density at radius 3 is 2.10 bits per heavy atom. The second-order valence-electron chi connectivity index (χ2n) is 13.3. The first-order valence-corrected chi connectivity index (χ1v) is 18.8. The summed E-state index contributed by atoms with van der Waals surface area (Å²) < 4.78 is 108. The van der Waals surface area contributed by atoms with Gasteiger partial charge in [-0.05, 0) is 83.1 Å². The molecule has 0 unspecified atom stereocenters. The van der Waals surface area contributed by atoms with E-state index in [4.69, 9.17) is 16.3 Å². The number of benzene rings is 3. The van der Waals surface area contributed by atoms with Gasteiger partial charge in [0, 0.05) is 36.3 Å². The van der Waals surface area contributed by atoms with Crippen molar-refractivity contribution in [2.45, 2.75) is 67.6 Å². The average molecular weight is 770 g/mol. The first-order valence-electron chi connectivity index (χ1n) is 17.0. The molecule has 16 heteroatoms. The van der Waals surface area contributed by atoms with Crippen LogP contribution in [-0.2, 0) is 30.4 Å². The summed E-state index contributed by atoms with van der Waals surface area (Å²) in [4.78, 5) is 31.1. The Kier molecular flexibility index (Phi) is 11.2. The van der Waals surface area contributed by atoms with Crippen molar-refractivity contribution in [3.05, 3.63) is 83.4 Å². The first kappa shape index (κ1) is 38.0. The smallest absolute Gasteiger partial charge is 0.492 e.